The molecular formula is C30H38N4O5. The third kappa shape index (κ3) is 8.05. The normalized spacial score (nSPS) is 22.7. The van der Waals surface area contributed by atoms with Crippen molar-refractivity contribution in [1.29, 1.82) is 0 Å². The molecule has 208 valence electrons. The van der Waals surface area contributed by atoms with Crippen LogP contribution in [-0.2, 0) is 32.1 Å². The van der Waals surface area contributed by atoms with Gasteiger partial charge in [0.05, 0.1) is 13.0 Å². The third-order valence-corrected chi connectivity index (χ3v) is 7.40. The fourth-order valence-corrected chi connectivity index (χ4v) is 5.13. The average molecular weight is 535 g/mol. The van der Waals surface area contributed by atoms with E-state index in [1.807, 2.05) is 55.5 Å². The van der Waals surface area contributed by atoms with Gasteiger partial charge >= 0.3 is 0 Å². The van der Waals surface area contributed by atoms with Gasteiger partial charge in [-0.25, -0.2) is 0 Å². The summed E-state index contributed by atoms with van der Waals surface area (Å²) in [6.07, 6.45) is 2.54. The van der Waals surface area contributed by atoms with E-state index in [0.717, 1.165) is 35.3 Å². The van der Waals surface area contributed by atoms with Gasteiger partial charge in [0.2, 0.25) is 23.6 Å². The summed E-state index contributed by atoms with van der Waals surface area (Å²) >= 11 is 0. The molecule has 0 aliphatic carbocycles. The minimum Gasteiger partial charge on any atom is -0.493 e. The summed E-state index contributed by atoms with van der Waals surface area (Å²) in [5.74, 6) is -0.622. The smallest absolute Gasteiger partial charge is 0.243 e. The topological polar surface area (TPSA) is 117 Å². The molecule has 2 heterocycles. The van der Waals surface area contributed by atoms with Crippen molar-refractivity contribution < 1.29 is 23.9 Å². The maximum atomic E-state index is 13.4. The standard InChI is InChI=1S/C30H38N4O5/c1-20-10-12-25-15-24(20)17-31-29(37)26(13-11-22-7-4-3-5-8-22)33-30(38)27(32-21(2)35)16-28(36)34-14-6-9-23(18-34)19-39-25/h3-5,7-8,10,12,15,23,26-27H,6,9,11,13-14,16-19H2,1-2H3,(H,31,37)(H,32,35)(H,33,38)/t23?,26-,27-/m0/s1. The average Bonchev–Trinajstić information content (AvgIpc) is 2.93. The first-order valence-electron chi connectivity index (χ1n) is 13.7. The van der Waals surface area contributed by atoms with Crippen LogP contribution in [0.1, 0.15) is 49.3 Å². The van der Waals surface area contributed by atoms with Gasteiger partial charge in [-0.15, -0.1) is 0 Å². The Hall–Kier alpha value is -3.88. The van der Waals surface area contributed by atoms with Crippen LogP contribution in [0.2, 0.25) is 0 Å². The monoisotopic (exact) mass is 534 g/mol. The van der Waals surface area contributed by atoms with Crippen LogP contribution in [-0.4, -0.2) is 60.3 Å². The number of nitrogens with zero attached hydrogens (tertiary/aromatic N) is 1. The molecule has 0 spiro atoms. The first-order valence-corrected chi connectivity index (χ1v) is 13.7. The molecule has 2 aliphatic rings. The van der Waals surface area contributed by atoms with Crippen molar-refractivity contribution in [2.75, 3.05) is 19.7 Å². The Morgan fingerprint density at radius 1 is 1.10 bits per heavy atom. The lowest BCUT2D eigenvalue weighted by molar-refractivity contribution is -0.138. The molecule has 9 nitrogen and oxygen atoms in total. The number of carbonyl (C=O) groups excluding carboxylic acids is 4. The maximum Gasteiger partial charge on any atom is 0.243 e. The zero-order chi connectivity index (χ0) is 27.8. The highest BCUT2D eigenvalue weighted by molar-refractivity contribution is 5.94. The first kappa shape index (κ1) is 28.1. The van der Waals surface area contributed by atoms with Crippen molar-refractivity contribution in [2.45, 2.75) is 64.6 Å². The predicted octanol–water partition coefficient (Wildman–Crippen LogP) is 2.25. The van der Waals surface area contributed by atoms with Gasteiger partial charge in [0.15, 0.2) is 0 Å². The second-order valence-electron chi connectivity index (χ2n) is 10.5. The van der Waals surface area contributed by atoms with Crippen LogP contribution in [0.25, 0.3) is 0 Å². The molecule has 0 radical (unpaired) electrons. The van der Waals surface area contributed by atoms with E-state index in [0.29, 0.717) is 32.5 Å². The number of benzene rings is 2. The number of nitrogens with one attached hydrogen (secondary N) is 3. The number of aryl methyl sites for hydroxylation is 2. The summed E-state index contributed by atoms with van der Waals surface area (Å²) in [4.78, 5) is 53.7. The Morgan fingerprint density at radius 3 is 2.67 bits per heavy atom. The van der Waals surface area contributed by atoms with Crippen LogP contribution >= 0.6 is 0 Å². The van der Waals surface area contributed by atoms with Gasteiger partial charge in [-0.3, -0.25) is 19.2 Å². The SMILES string of the molecule is CC(=O)N[C@H]1CC(=O)N2CCCC(COc3ccc(C)c(c3)CNC(=O)[C@H](CCc3ccccc3)NC1=O)C2. The van der Waals surface area contributed by atoms with Crippen molar-refractivity contribution in [3.63, 3.8) is 0 Å². The van der Waals surface area contributed by atoms with Gasteiger partial charge in [0, 0.05) is 32.5 Å². The molecule has 2 aromatic carbocycles. The molecule has 3 atom stereocenters. The molecule has 39 heavy (non-hydrogen) atoms. The number of ether oxygens (including phenoxy) is 1. The fourth-order valence-electron chi connectivity index (χ4n) is 5.13. The molecule has 3 N–H and O–H groups in total. The van der Waals surface area contributed by atoms with Crippen LogP contribution in [0.3, 0.4) is 0 Å². The Balaban J connectivity index is 1.60. The lowest BCUT2D eigenvalue weighted by Crippen LogP contribution is -2.55. The van der Waals surface area contributed by atoms with E-state index in [1.165, 1.54) is 6.92 Å². The van der Waals surface area contributed by atoms with E-state index in [2.05, 4.69) is 16.0 Å². The van der Waals surface area contributed by atoms with Gasteiger partial charge in [-0.05, 0) is 61.4 Å². The third-order valence-electron chi connectivity index (χ3n) is 7.40. The summed E-state index contributed by atoms with van der Waals surface area (Å²) in [5.41, 5.74) is 2.98. The number of rotatable bonds is 4. The van der Waals surface area contributed by atoms with Crippen molar-refractivity contribution in [3.8, 4) is 5.75 Å². The molecule has 1 fully saturated rings. The fraction of sp³-hybridized carbons (Fsp3) is 0.467. The van der Waals surface area contributed by atoms with Crippen molar-refractivity contribution >= 4 is 23.6 Å². The molecule has 0 aromatic heterocycles. The number of hydrogen-bond donors (Lipinski definition) is 3. The lowest BCUT2D eigenvalue weighted by atomic mass is 9.98. The van der Waals surface area contributed by atoms with E-state index in [4.69, 9.17) is 4.74 Å². The van der Waals surface area contributed by atoms with Crippen molar-refractivity contribution in [1.82, 2.24) is 20.9 Å². The highest BCUT2D eigenvalue weighted by Crippen LogP contribution is 2.22. The Kier molecular flexibility index (Phi) is 9.57. The van der Waals surface area contributed by atoms with Crippen LogP contribution in [0.15, 0.2) is 48.5 Å². The van der Waals surface area contributed by atoms with E-state index in [9.17, 15) is 19.2 Å². The van der Waals surface area contributed by atoms with E-state index < -0.39 is 23.9 Å². The summed E-state index contributed by atoms with van der Waals surface area (Å²) in [6.45, 7) is 5.17. The molecule has 9 heteroatoms. The highest BCUT2D eigenvalue weighted by atomic mass is 16.5. The molecule has 1 unspecified atom stereocenters. The van der Waals surface area contributed by atoms with E-state index >= 15 is 0 Å². The molecule has 2 aliphatic heterocycles. The minimum atomic E-state index is -1.08. The van der Waals surface area contributed by atoms with Gasteiger partial charge in [0.1, 0.15) is 17.8 Å². The molecule has 2 aromatic rings. The van der Waals surface area contributed by atoms with Gasteiger partial charge < -0.3 is 25.6 Å². The first-order chi connectivity index (χ1) is 18.8. The Morgan fingerprint density at radius 2 is 1.90 bits per heavy atom. The van der Waals surface area contributed by atoms with E-state index in [1.54, 1.807) is 4.90 Å². The summed E-state index contributed by atoms with van der Waals surface area (Å²) < 4.78 is 6.10. The van der Waals surface area contributed by atoms with E-state index in [-0.39, 0.29) is 30.7 Å². The largest absolute Gasteiger partial charge is 0.493 e. The van der Waals surface area contributed by atoms with Crippen LogP contribution < -0.4 is 20.7 Å². The minimum absolute atomic E-state index is 0.165. The molecular weight excluding hydrogens is 496 g/mol. The second kappa shape index (κ2) is 13.3. The number of fused-ring (bicyclic) bond motifs is 4. The van der Waals surface area contributed by atoms with Crippen LogP contribution in [0, 0.1) is 12.8 Å². The quantitative estimate of drug-likeness (QED) is 0.557. The number of hydrogen-bond acceptors (Lipinski definition) is 5. The Labute approximate surface area is 229 Å². The van der Waals surface area contributed by atoms with Crippen LogP contribution in [0.4, 0.5) is 0 Å². The molecule has 1 saturated heterocycles. The number of carbonyl (C=O) groups is 4. The van der Waals surface area contributed by atoms with Gasteiger partial charge in [-0.1, -0.05) is 36.4 Å². The highest BCUT2D eigenvalue weighted by Gasteiger charge is 2.31. The number of amides is 4. The summed E-state index contributed by atoms with van der Waals surface area (Å²) in [5, 5.41) is 8.40. The summed E-state index contributed by atoms with van der Waals surface area (Å²) in [7, 11) is 0. The molecule has 4 rings (SSSR count). The molecule has 4 bridgehead atoms. The maximum absolute atomic E-state index is 13.4. The van der Waals surface area contributed by atoms with Gasteiger partial charge in [0.25, 0.3) is 0 Å². The summed E-state index contributed by atoms with van der Waals surface area (Å²) in [6, 6.07) is 13.6. The predicted molar refractivity (Wildman–Crippen MR) is 147 cm³/mol. The zero-order valence-electron chi connectivity index (χ0n) is 22.7. The van der Waals surface area contributed by atoms with Crippen molar-refractivity contribution in [3.05, 3.63) is 65.2 Å². The van der Waals surface area contributed by atoms with Crippen molar-refractivity contribution in [2.24, 2.45) is 5.92 Å². The number of piperidine rings is 1. The lowest BCUT2D eigenvalue weighted by Gasteiger charge is -2.33. The molecule has 4 amide bonds. The zero-order valence-corrected chi connectivity index (χ0v) is 22.7. The second-order valence-corrected chi connectivity index (χ2v) is 10.5. The Bertz CT molecular complexity index is 1190. The van der Waals surface area contributed by atoms with Gasteiger partial charge in [-0.2, -0.15) is 0 Å². The molecule has 0 saturated carbocycles. The van der Waals surface area contributed by atoms with Crippen LogP contribution in [0.5, 0.6) is 5.75 Å².